The minimum absolute atomic E-state index is 0.0584. The summed E-state index contributed by atoms with van der Waals surface area (Å²) >= 11 is 7.47. The van der Waals surface area contributed by atoms with E-state index < -0.39 is 23.4 Å². The standard InChI is InChI=1S/C20H17ClFN5O3S/c1-20(2,29)19-26-16(21)15(30-19)18(28)27-7-6-10-13(24-8-23-10)14(27)17-25-12-9(22)4-3-5-11(12)31-17/h3-5,8,14,29H,6-7H2,1-2H3,(H,23,24)/t14-/m0/s1. The molecule has 1 aromatic carbocycles. The Balaban J connectivity index is 1.61. The Labute approximate surface area is 184 Å². The van der Waals surface area contributed by atoms with Gasteiger partial charge in [0.2, 0.25) is 11.7 Å². The predicted molar refractivity (Wildman–Crippen MR) is 112 cm³/mol. The van der Waals surface area contributed by atoms with E-state index in [4.69, 9.17) is 16.0 Å². The van der Waals surface area contributed by atoms with Crippen LogP contribution in [-0.2, 0) is 12.0 Å². The highest BCUT2D eigenvalue weighted by atomic mass is 35.5. The van der Waals surface area contributed by atoms with Gasteiger partial charge < -0.3 is 19.4 Å². The first-order valence-corrected chi connectivity index (χ1v) is 10.7. The van der Waals surface area contributed by atoms with Gasteiger partial charge in [0.15, 0.2) is 5.15 Å². The summed E-state index contributed by atoms with van der Waals surface area (Å²) in [6, 6.07) is 4.10. The van der Waals surface area contributed by atoms with E-state index in [0.29, 0.717) is 28.4 Å². The third-order valence-corrected chi connectivity index (χ3v) is 6.44. The van der Waals surface area contributed by atoms with Gasteiger partial charge in [-0.2, -0.15) is 4.98 Å². The number of nitrogens with zero attached hydrogens (tertiary/aromatic N) is 4. The van der Waals surface area contributed by atoms with Crippen molar-refractivity contribution in [3.8, 4) is 0 Å². The smallest absolute Gasteiger partial charge is 0.293 e. The fourth-order valence-corrected chi connectivity index (χ4v) is 4.92. The number of carbonyl (C=O) groups excluding carboxylic acids is 1. The highest BCUT2D eigenvalue weighted by Gasteiger charge is 2.39. The lowest BCUT2D eigenvalue weighted by molar-refractivity contribution is 0.0441. The quantitative estimate of drug-likeness (QED) is 0.480. The number of para-hydroxylation sites is 1. The van der Waals surface area contributed by atoms with Gasteiger partial charge in [0, 0.05) is 18.7 Å². The summed E-state index contributed by atoms with van der Waals surface area (Å²) in [5.74, 6) is -1.16. The minimum atomic E-state index is -1.40. The Bertz CT molecular complexity index is 1310. The zero-order chi connectivity index (χ0) is 21.9. The molecule has 0 fully saturated rings. The number of imidazole rings is 1. The number of carbonyl (C=O) groups is 1. The average Bonchev–Trinajstić information content (AvgIpc) is 3.44. The highest BCUT2D eigenvalue weighted by Crippen LogP contribution is 2.39. The summed E-state index contributed by atoms with van der Waals surface area (Å²) in [7, 11) is 0. The van der Waals surface area contributed by atoms with E-state index in [2.05, 4.69) is 19.9 Å². The fourth-order valence-electron chi connectivity index (χ4n) is 3.62. The Morgan fingerprint density at radius 2 is 2.23 bits per heavy atom. The molecular formula is C20H17ClFN5O3S. The average molecular weight is 462 g/mol. The molecule has 0 aliphatic carbocycles. The lowest BCUT2D eigenvalue weighted by Gasteiger charge is -2.33. The van der Waals surface area contributed by atoms with Crippen molar-refractivity contribution in [3.63, 3.8) is 0 Å². The van der Waals surface area contributed by atoms with E-state index in [0.717, 1.165) is 5.69 Å². The van der Waals surface area contributed by atoms with Crippen LogP contribution in [0.15, 0.2) is 28.9 Å². The fraction of sp³-hybridized carbons (Fsp3) is 0.300. The number of aromatic amines is 1. The zero-order valence-electron chi connectivity index (χ0n) is 16.5. The van der Waals surface area contributed by atoms with Crippen LogP contribution in [0.25, 0.3) is 10.2 Å². The van der Waals surface area contributed by atoms with Crippen LogP contribution in [0.3, 0.4) is 0 Å². The lowest BCUT2D eigenvalue weighted by atomic mass is 10.0. The van der Waals surface area contributed by atoms with Gasteiger partial charge in [0.25, 0.3) is 5.91 Å². The van der Waals surface area contributed by atoms with E-state index in [1.165, 1.54) is 31.3 Å². The number of aromatic nitrogens is 4. The molecule has 1 aliphatic heterocycles. The first kappa shape index (κ1) is 20.1. The molecule has 1 amide bonds. The SMILES string of the molecule is CC(C)(O)c1nc(Cl)c(C(=O)N2CCc3[nH]cnc3[C@H]2c2nc3c(F)cccc3s2)o1. The first-order valence-electron chi connectivity index (χ1n) is 9.51. The number of aliphatic hydroxyl groups is 1. The van der Waals surface area contributed by atoms with E-state index in [-0.39, 0.29) is 22.3 Å². The van der Waals surface area contributed by atoms with Gasteiger partial charge in [0.1, 0.15) is 28.0 Å². The minimum Gasteiger partial charge on any atom is -0.431 e. The van der Waals surface area contributed by atoms with Crippen LogP contribution in [0.5, 0.6) is 0 Å². The van der Waals surface area contributed by atoms with Crippen LogP contribution >= 0.6 is 22.9 Å². The topological polar surface area (TPSA) is 108 Å². The van der Waals surface area contributed by atoms with Crippen LogP contribution in [0.4, 0.5) is 4.39 Å². The molecular weight excluding hydrogens is 445 g/mol. The monoisotopic (exact) mass is 461 g/mol. The molecule has 0 saturated heterocycles. The molecule has 31 heavy (non-hydrogen) atoms. The summed E-state index contributed by atoms with van der Waals surface area (Å²) in [5.41, 5.74) is 0.371. The number of nitrogens with one attached hydrogen (secondary N) is 1. The molecule has 0 bridgehead atoms. The highest BCUT2D eigenvalue weighted by molar-refractivity contribution is 7.18. The second-order valence-electron chi connectivity index (χ2n) is 7.75. The maximum Gasteiger partial charge on any atom is 0.293 e. The van der Waals surface area contributed by atoms with Gasteiger partial charge in [-0.15, -0.1) is 11.3 Å². The molecule has 0 unspecified atom stereocenters. The number of hydrogen-bond donors (Lipinski definition) is 2. The first-order chi connectivity index (χ1) is 14.7. The number of hydrogen-bond acceptors (Lipinski definition) is 7. The van der Waals surface area contributed by atoms with Gasteiger partial charge in [-0.25, -0.2) is 14.4 Å². The van der Waals surface area contributed by atoms with E-state index >= 15 is 0 Å². The Morgan fingerprint density at radius 1 is 1.42 bits per heavy atom. The zero-order valence-corrected chi connectivity index (χ0v) is 18.1. The van der Waals surface area contributed by atoms with Crippen molar-refractivity contribution < 1.29 is 18.7 Å². The van der Waals surface area contributed by atoms with Crippen molar-refractivity contribution in [2.24, 2.45) is 0 Å². The lowest BCUT2D eigenvalue weighted by Crippen LogP contribution is -2.40. The Kier molecular flexibility index (Phi) is 4.61. The number of rotatable bonds is 3. The second-order valence-corrected chi connectivity index (χ2v) is 9.17. The number of oxazole rings is 1. The number of thiazole rings is 1. The van der Waals surface area contributed by atoms with Crippen LogP contribution < -0.4 is 0 Å². The summed E-state index contributed by atoms with van der Waals surface area (Å²) in [6.45, 7) is 3.31. The van der Waals surface area contributed by atoms with E-state index in [1.54, 1.807) is 23.4 Å². The third-order valence-electron chi connectivity index (χ3n) is 5.11. The molecule has 0 saturated carbocycles. The molecule has 160 valence electrons. The molecule has 4 heterocycles. The van der Waals surface area contributed by atoms with Crippen LogP contribution in [0.2, 0.25) is 5.15 Å². The van der Waals surface area contributed by atoms with Gasteiger partial charge in [-0.3, -0.25) is 4.79 Å². The molecule has 0 radical (unpaired) electrons. The molecule has 0 spiro atoms. The summed E-state index contributed by atoms with van der Waals surface area (Å²) in [6.07, 6.45) is 2.11. The Morgan fingerprint density at radius 3 is 2.94 bits per heavy atom. The summed E-state index contributed by atoms with van der Waals surface area (Å²) in [4.78, 5) is 31.0. The molecule has 5 rings (SSSR count). The number of fused-ring (bicyclic) bond motifs is 2. The molecule has 4 aromatic rings. The van der Waals surface area contributed by atoms with Crippen molar-refractivity contribution >= 4 is 39.1 Å². The number of halogens is 2. The van der Waals surface area contributed by atoms with Crippen molar-refractivity contribution in [1.29, 1.82) is 0 Å². The maximum absolute atomic E-state index is 14.3. The molecule has 3 aromatic heterocycles. The number of benzene rings is 1. The van der Waals surface area contributed by atoms with Gasteiger partial charge >= 0.3 is 0 Å². The van der Waals surface area contributed by atoms with Gasteiger partial charge in [-0.05, 0) is 26.0 Å². The van der Waals surface area contributed by atoms with Crippen molar-refractivity contribution in [2.75, 3.05) is 6.54 Å². The van der Waals surface area contributed by atoms with Gasteiger partial charge in [0.05, 0.1) is 16.7 Å². The number of amides is 1. The van der Waals surface area contributed by atoms with Gasteiger partial charge in [-0.1, -0.05) is 17.7 Å². The Hall–Kier alpha value is -2.82. The number of H-pyrrole nitrogens is 1. The second kappa shape index (κ2) is 7.11. The van der Waals surface area contributed by atoms with Crippen LogP contribution in [0.1, 0.15) is 52.7 Å². The van der Waals surface area contributed by atoms with E-state index in [9.17, 15) is 14.3 Å². The summed E-state index contributed by atoms with van der Waals surface area (Å²) in [5, 5.41) is 10.6. The summed E-state index contributed by atoms with van der Waals surface area (Å²) < 4.78 is 20.5. The largest absolute Gasteiger partial charge is 0.431 e. The van der Waals surface area contributed by atoms with E-state index in [1.807, 2.05) is 0 Å². The molecule has 8 nitrogen and oxygen atoms in total. The van der Waals surface area contributed by atoms with Crippen molar-refractivity contribution in [3.05, 3.63) is 63.5 Å². The molecule has 11 heteroatoms. The maximum atomic E-state index is 14.3. The van der Waals surface area contributed by atoms with Crippen molar-refractivity contribution in [2.45, 2.75) is 31.9 Å². The van der Waals surface area contributed by atoms with Crippen LogP contribution in [0, 0.1) is 5.82 Å². The third kappa shape index (κ3) is 3.31. The molecule has 2 N–H and O–H groups in total. The molecule has 1 atom stereocenters. The predicted octanol–water partition coefficient (Wildman–Crippen LogP) is 3.82. The molecule has 1 aliphatic rings. The van der Waals surface area contributed by atoms with Crippen molar-refractivity contribution in [1.82, 2.24) is 24.8 Å². The van der Waals surface area contributed by atoms with Crippen LogP contribution in [-0.4, -0.2) is 42.4 Å². The normalized spacial score (nSPS) is 16.7.